The summed E-state index contributed by atoms with van der Waals surface area (Å²) in [4.78, 5) is 0. The van der Waals surface area contributed by atoms with Crippen molar-refractivity contribution in [3.63, 3.8) is 0 Å². The molecule has 0 heterocycles. The quantitative estimate of drug-likeness (QED) is 0.542. The molecular formula is C10H19NO3. The molecule has 82 valence electrons. The second kappa shape index (κ2) is 10.5. The summed E-state index contributed by atoms with van der Waals surface area (Å²) in [6.07, 6.45) is 3.88. The summed E-state index contributed by atoms with van der Waals surface area (Å²) < 4.78 is 5.12. The minimum absolute atomic E-state index is 0.203. The third-order valence-corrected chi connectivity index (χ3v) is 1.85. The van der Waals surface area contributed by atoms with Crippen LogP contribution in [0.15, 0.2) is 0 Å². The van der Waals surface area contributed by atoms with Crippen LogP contribution in [0.5, 0.6) is 0 Å². The smallest absolute Gasteiger partial charge is 0.100 e. The molecule has 4 heteroatoms. The number of hydrogen-bond acceptors (Lipinski definition) is 4. The van der Waals surface area contributed by atoms with Crippen LogP contribution in [0.1, 0.15) is 32.1 Å². The van der Waals surface area contributed by atoms with Crippen LogP contribution in [0, 0.1) is 11.3 Å². The Hall–Kier alpha value is -0.630. The minimum Gasteiger partial charge on any atom is -0.394 e. The maximum Gasteiger partial charge on any atom is 0.100 e. The van der Waals surface area contributed by atoms with Crippen LogP contribution in [0.25, 0.3) is 0 Å². The first kappa shape index (κ1) is 13.4. The highest BCUT2D eigenvalue weighted by Crippen LogP contribution is 2.02. The lowest BCUT2D eigenvalue weighted by Crippen LogP contribution is -2.19. The van der Waals surface area contributed by atoms with E-state index in [-0.39, 0.29) is 13.2 Å². The molecule has 2 N–H and O–H groups in total. The normalized spacial score (nSPS) is 12.4. The zero-order chi connectivity index (χ0) is 10.6. The fourth-order valence-electron chi connectivity index (χ4n) is 1.03. The molecule has 1 atom stereocenters. The maximum atomic E-state index is 8.92. The van der Waals surface area contributed by atoms with E-state index in [1.54, 1.807) is 0 Å². The highest BCUT2D eigenvalue weighted by atomic mass is 16.5. The van der Waals surface area contributed by atoms with E-state index in [9.17, 15) is 0 Å². The molecule has 0 spiro atoms. The Labute approximate surface area is 85.1 Å². The first-order chi connectivity index (χ1) is 6.81. The Morgan fingerprint density at radius 2 is 1.93 bits per heavy atom. The number of aliphatic hydroxyl groups excluding tert-OH is 2. The van der Waals surface area contributed by atoms with E-state index in [0.717, 1.165) is 25.7 Å². The zero-order valence-corrected chi connectivity index (χ0v) is 8.48. The van der Waals surface area contributed by atoms with Crippen molar-refractivity contribution in [2.75, 3.05) is 19.8 Å². The Bertz CT molecular complexity index is 156. The summed E-state index contributed by atoms with van der Waals surface area (Å²) in [6, 6.07) is 2.10. The predicted octanol–water partition coefficient (Wildman–Crippen LogP) is 0.830. The maximum absolute atomic E-state index is 8.92. The molecule has 0 radical (unpaired) electrons. The van der Waals surface area contributed by atoms with Crippen molar-refractivity contribution < 1.29 is 14.9 Å². The predicted molar refractivity (Wildman–Crippen MR) is 52.6 cm³/mol. The highest BCUT2D eigenvalue weighted by Gasteiger charge is 2.00. The van der Waals surface area contributed by atoms with Crippen LogP contribution in [0.2, 0.25) is 0 Å². The van der Waals surface area contributed by atoms with Gasteiger partial charge in [0, 0.05) is 13.0 Å². The van der Waals surface area contributed by atoms with Crippen molar-refractivity contribution in [2.24, 2.45) is 0 Å². The third kappa shape index (κ3) is 9.46. The van der Waals surface area contributed by atoms with Crippen molar-refractivity contribution in [3.8, 4) is 6.07 Å². The molecule has 0 fully saturated rings. The molecular weight excluding hydrogens is 182 g/mol. The van der Waals surface area contributed by atoms with E-state index in [1.165, 1.54) is 0 Å². The molecule has 0 aromatic rings. The summed E-state index contributed by atoms with van der Waals surface area (Å²) in [5.74, 6) is 0. The Morgan fingerprint density at radius 3 is 2.57 bits per heavy atom. The third-order valence-electron chi connectivity index (χ3n) is 1.85. The van der Waals surface area contributed by atoms with Crippen molar-refractivity contribution in [1.29, 1.82) is 5.26 Å². The average Bonchev–Trinajstić information content (AvgIpc) is 2.21. The Morgan fingerprint density at radius 1 is 1.21 bits per heavy atom. The van der Waals surface area contributed by atoms with Gasteiger partial charge in [-0.05, 0) is 12.8 Å². The molecule has 0 saturated heterocycles. The monoisotopic (exact) mass is 201 g/mol. The van der Waals surface area contributed by atoms with Crippen LogP contribution in [0.4, 0.5) is 0 Å². The van der Waals surface area contributed by atoms with Gasteiger partial charge in [-0.2, -0.15) is 5.26 Å². The Kier molecular flexibility index (Phi) is 9.98. The van der Waals surface area contributed by atoms with E-state index in [1.807, 2.05) is 0 Å². The summed E-state index contributed by atoms with van der Waals surface area (Å²) in [6.45, 7) is 0.570. The van der Waals surface area contributed by atoms with Gasteiger partial charge in [0.05, 0.1) is 19.3 Å². The summed E-state index contributed by atoms with van der Waals surface area (Å²) in [7, 11) is 0. The number of ether oxygens (including phenoxy) is 1. The number of nitrogens with zero attached hydrogens (tertiary/aromatic N) is 1. The summed E-state index contributed by atoms with van der Waals surface area (Å²) >= 11 is 0. The van der Waals surface area contributed by atoms with Gasteiger partial charge in [-0.1, -0.05) is 12.8 Å². The summed E-state index contributed by atoms with van der Waals surface area (Å²) in [5.41, 5.74) is 0. The zero-order valence-electron chi connectivity index (χ0n) is 8.48. The largest absolute Gasteiger partial charge is 0.394 e. The molecule has 4 nitrogen and oxygen atoms in total. The molecule has 0 aliphatic heterocycles. The number of nitriles is 1. The van der Waals surface area contributed by atoms with Gasteiger partial charge in [-0.25, -0.2) is 0 Å². The van der Waals surface area contributed by atoms with Crippen molar-refractivity contribution in [2.45, 2.75) is 38.2 Å². The molecule has 0 rings (SSSR count). The van der Waals surface area contributed by atoms with Gasteiger partial charge in [-0.15, -0.1) is 0 Å². The molecule has 0 aliphatic carbocycles. The van der Waals surface area contributed by atoms with Gasteiger partial charge in [0.2, 0.25) is 0 Å². The van der Waals surface area contributed by atoms with Crippen LogP contribution >= 0.6 is 0 Å². The van der Waals surface area contributed by atoms with Crippen molar-refractivity contribution >= 4 is 0 Å². The van der Waals surface area contributed by atoms with Crippen molar-refractivity contribution in [1.82, 2.24) is 0 Å². The first-order valence-electron chi connectivity index (χ1n) is 5.05. The van der Waals surface area contributed by atoms with Crippen LogP contribution in [0.3, 0.4) is 0 Å². The van der Waals surface area contributed by atoms with E-state index in [4.69, 9.17) is 20.2 Å². The van der Waals surface area contributed by atoms with Crippen LogP contribution in [-0.4, -0.2) is 36.1 Å². The molecule has 0 saturated carbocycles. The number of rotatable bonds is 9. The van der Waals surface area contributed by atoms with Gasteiger partial charge >= 0.3 is 0 Å². The van der Waals surface area contributed by atoms with E-state index in [2.05, 4.69) is 6.07 Å². The molecule has 0 unspecified atom stereocenters. The first-order valence-corrected chi connectivity index (χ1v) is 5.05. The fraction of sp³-hybridized carbons (Fsp3) is 0.900. The SMILES string of the molecule is N#CCCCCCCOC[C@@H](O)CO. The molecule has 0 amide bonds. The molecule has 0 aliphatic rings. The second-order valence-electron chi connectivity index (χ2n) is 3.23. The summed E-state index contributed by atoms with van der Waals surface area (Å²) in [5, 5.41) is 25.7. The number of aliphatic hydroxyl groups is 2. The Balaban J connectivity index is 2.96. The number of hydrogen-bond donors (Lipinski definition) is 2. The fourth-order valence-corrected chi connectivity index (χ4v) is 1.03. The molecule has 0 aromatic heterocycles. The number of unbranched alkanes of at least 4 members (excludes halogenated alkanes) is 4. The molecule has 0 bridgehead atoms. The van der Waals surface area contributed by atoms with Crippen molar-refractivity contribution in [3.05, 3.63) is 0 Å². The van der Waals surface area contributed by atoms with E-state index >= 15 is 0 Å². The lowest BCUT2D eigenvalue weighted by Gasteiger charge is -2.07. The van der Waals surface area contributed by atoms with Gasteiger partial charge in [0.25, 0.3) is 0 Å². The lowest BCUT2D eigenvalue weighted by atomic mass is 10.2. The molecule has 14 heavy (non-hydrogen) atoms. The van der Waals surface area contributed by atoms with E-state index < -0.39 is 6.10 Å². The van der Waals surface area contributed by atoms with Gasteiger partial charge in [0.1, 0.15) is 6.10 Å². The van der Waals surface area contributed by atoms with Gasteiger partial charge in [0.15, 0.2) is 0 Å². The van der Waals surface area contributed by atoms with Crippen LogP contribution in [-0.2, 0) is 4.74 Å². The minimum atomic E-state index is -0.756. The van der Waals surface area contributed by atoms with E-state index in [0.29, 0.717) is 13.0 Å². The molecule has 0 aromatic carbocycles. The lowest BCUT2D eigenvalue weighted by molar-refractivity contribution is 0.00527. The topological polar surface area (TPSA) is 73.5 Å². The standard InChI is InChI=1S/C10H19NO3/c11-6-4-2-1-3-5-7-14-9-10(13)8-12/h10,12-13H,1-5,7-9H2/t10-/m0/s1. The van der Waals surface area contributed by atoms with Gasteiger partial charge in [-0.3, -0.25) is 0 Å². The van der Waals surface area contributed by atoms with Gasteiger partial charge < -0.3 is 14.9 Å². The second-order valence-corrected chi connectivity index (χ2v) is 3.23. The average molecular weight is 201 g/mol. The van der Waals surface area contributed by atoms with Crippen LogP contribution < -0.4 is 0 Å². The highest BCUT2D eigenvalue weighted by molar-refractivity contribution is 4.67.